The highest BCUT2D eigenvalue weighted by molar-refractivity contribution is 6.05. The summed E-state index contributed by atoms with van der Waals surface area (Å²) < 4.78 is 37.0. The van der Waals surface area contributed by atoms with Crippen molar-refractivity contribution in [3.05, 3.63) is 103 Å². The lowest BCUT2D eigenvalue weighted by Crippen LogP contribution is -2.45. The average Bonchev–Trinajstić information content (AvgIpc) is 4.21. The molecule has 0 radical (unpaired) electrons. The number of aliphatic carboxylic acids is 1. The van der Waals surface area contributed by atoms with Gasteiger partial charge in [-0.25, -0.2) is 24.5 Å². The molecule has 7 aromatic rings. The number of carboxylic acids is 1. The molecule has 4 atom stereocenters. The number of nitrogens with zero attached hydrogens (tertiary/aromatic N) is 7. The Morgan fingerprint density at radius 1 is 0.841 bits per heavy atom. The number of carbonyl (C=O) groups is 5. The second-order valence-electron chi connectivity index (χ2n) is 16.7. The number of benzene rings is 3. The van der Waals surface area contributed by atoms with Crippen molar-refractivity contribution >= 4 is 51.7 Å². The van der Waals surface area contributed by atoms with E-state index in [4.69, 9.17) is 30.3 Å². The summed E-state index contributed by atoms with van der Waals surface area (Å²) in [7, 11) is 0. The zero-order chi connectivity index (χ0) is 49.0. The number of likely N-dealkylation sites (tertiary alicyclic amines) is 2. The monoisotopic (exact) mass is 948 g/mol. The topological polar surface area (TPSA) is 271 Å². The van der Waals surface area contributed by atoms with Gasteiger partial charge in [0.2, 0.25) is 5.91 Å². The minimum absolute atomic E-state index is 0.146. The van der Waals surface area contributed by atoms with Gasteiger partial charge in [0.15, 0.2) is 11.8 Å². The number of primary amides is 1. The summed E-state index contributed by atoms with van der Waals surface area (Å²) in [5, 5.41) is 17.6. The van der Waals surface area contributed by atoms with E-state index >= 15 is 0 Å². The van der Waals surface area contributed by atoms with E-state index in [1.165, 1.54) is 0 Å². The van der Waals surface area contributed by atoms with Crippen molar-refractivity contribution in [1.29, 1.82) is 0 Å². The normalized spacial score (nSPS) is 16.8. The number of carbonyl (C=O) groups excluding carboxylic acids is 4. The molecule has 22 heteroatoms. The van der Waals surface area contributed by atoms with Crippen molar-refractivity contribution in [1.82, 2.24) is 55.2 Å². The number of hydrogen-bond acceptors (Lipinski definition) is 11. The van der Waals surface area contributed by atoms with Crippen LogP contribution < -0.4 is 11.1 Å². The van der Waals surface area contributed by atoms with Crippen molar-refractivity contribution in [3.63, 3.8) is 0 Å². The smallest absolute Gasteiger partial charge is 0.475 e. The maximum atomic E-state index is 13.5. The third-order valence-electron chi connectivity index (χ3n) is 12.3. The summed E-state index contributed by atoms with van der Waals surface area (Å²) >= 11 is 0. The highest BCUT2D eigenvalue weighted by Crippen LogP contribution is 2.35. The van der Waals surface area contributed by atoms with Crippen LogP contribution >= 0.6 is 0 Å². The van der Waals surface area contributed by atoms with Crippen LogP contribution in [0.25, 0.3) is 55.7 Å². The molecule has 6 heterocycles. The maximum absolute atomic E-state index is 13.5. The maximum Gasteiger partial charge on any atom is 0.490 e. The third-order valence-corrected chi connectivity index (χ3v) is 12.3. The van der Waals surface area contributed by atoms with Gasteiger partial charge in [-0.2, -0.15) is 18.3 Å². The molecule has 9 rings (SSSR count). The van der Waals surface area contributed by atoms with Gasteiger partial charge in [-0.1, -0.05) is 62.4 Å². The van der Waals surface area contributed by atoms with Gasteiger partial charge < -0.3 is 40.7 Å². The number of para-hydroxylation sites is 1. The Morgan fingerprint density at radius 3 is 2.10 bits per heavy atom. The summed E-state index contributed by atoms with van der Waals surface area (Å²) in [6.07, 6.45) is 2.09. The minimum atomic E-state index is -5.08. The predicted octanol–water partition coefficient (Wildman–Crippen LogP) is 6.85. The van der Waals surface area contributed by atoms with Crippen LogP contribution in [-0.2, 0) is 19.1 Å². The summed E-state index contributed by atoms with van der Waals surface area (Å²) in [4.78, 5) is 89.6. The molecule has 69 heavy (non-hydrogen) atoms. The number of alkyl halides is 3. The molecule has 0 bridgehead atoms. The van der Waals surface area contributed by atoms with E-state index in [9.17, 15) is 32.3 Å². The minimum Gasteiger partial charge on any atom is -0.475 e. The molecular weight excluding hydrogens is 902 g/mol. The number of amides is 4. The second kappa shape index (κ2) is 20.0. The van der Waals surface area contributed by atoms with E-state index in [0.717, 1.165) is 76.0 Å². The van der Waals surface area contributed by atoms with Gasteiger partial charge in [-0.05, 0) is 55.9 Å². The molecule has 1 unspecified atom stereocenters. The van der Waals surface area contributed by atoms with E-state index in [1.54, 1.807) is 28.4 Å². The number of H-pyrrole nitrogens is 3. The van der Waals surface area contributed by atoms with Gasteiger partial charge >= 0.3 is 18.2 Å². The fraction of sp³-hybridized carbons (Fsp3) is 0.319. The highest BCUT2D eigenvalue weighted by Gasteiger charge is 2.40. The number of rotatable bonds is 12. The molecule has 2 fully saturated rings. The number of nitrogens with one attached hydrogen (secondary N) is 4. The largest absolute Gasteiger partial charge is 0.490 e. The average molecular weight is 949 g/mol. The van der Waals surface area contributed by atoms with Crippen LogP contribution in [0, 0.1) is 5.92 Å². The molecule has 0 spiro atoms. The number of hydrogen-bond donors (Lipinski definition) is 6. The number of ether oxygens (including phenoxy) is 1. The van der Waals surface area contributed by atoms with Gasteiger partial charge in [-0.3, -0.25) is 24.5 Å². The van der Waals surface area contributed by atoms with Gasteiger partial charge in [0, 0.05) is 35.5 Å². The Hall–Kier alpha value is -8.17. The standard InChI is InChI=1S/C45H46N12O5.C2HF3O2/c1-3-25(2)40(62-45(46)61)44(60)57-19-7-11-37(57)42-48-22-34(52-42)27-14-12-26(13-15-27)33-21-47-32-20-28(16-17-31(32)51-33)35-23-49-41(53-35)36-10-6-18-56(36)38(58)24-50-43(59)39-29-8-4-5-9-30(29)54-55-39;3-2(4,5)1(6)7/h4-5,8-9,12-17,20-23,25,36-37,40H,3,6-7,10-11,18-19,24H2,1-2H3,(H2,46,61)(H,48,52)(H,49,53)(H,50,59)(H,54,55);(H,6,7)/t25?,36-,37-,40-;/m0./s1. The van der Waals surface area contributed by atoms with E-state index in [1.807, 2.05) is 80.6 Å². The Morgan fingerprint density at radius 2 is 1.45 bits per heavy atom. The molecule has 0 aliphatic carbocycles. The van der Waals surface area contributed by atoms with Crippen LogP contribution in [0.15, 0.2) is 85.3 Å². The molecule has 19 nitrogen and oxygen atoms in total. The first kappa shape index (κ1) is 47.3. The number of aromatic amines is 3. The lowest BCUT2D eigenvalue weighted by Gasteiger charge is -2.29. The van der Waals surface area contributed by atoms with Crippen LogP contribution in [0.4, 0.5) is 18.0 Å². The summed E-state index contributed by atoms with van der Waals surface area (Å²) in [5.74, 6) is -2.42. The van der Waals surface area contributed by atoms with Gasteiger partial charge in [0.05, 0.1) is 70.9 Å². The van der Waals surface area contributed by atoms with Crippen LogP contribution in [0.1, 0.15) is 80.2 Å². The van der Waals surface area contributed by atoms with Gasteiger partial charge in [0.1, 0.15) is 11.6 Å². The van der Waals surface area contributed by atoms with Crippen molar-refractivity contribution < 1.29 is 47.0 Å². The highest BCUT2D eigenvalue weighted by atomic mass is 19.4. The predicted molar refractivity (Wildman–Crippen MR) is 244 cm³/mol. The van der Waals surface area contributed by atoms with Crippen molar-refractivity contribution in [2.75, 3.05) is 19.6 Å². The zero-order valence-corrected chi connectivity index (χ0v) is 37.3. The molecule has 7 N–H and O–H groups in total. The van der Waals surface area contributed by atoms with E-state index in [-0.39, 0.29) is 42.1 Å². The molecule has 2 aliphatic rings. The first-order chi connectivity index (χ1) is 33.1. The molecule has 0 saturated carbocycles. The van der Waals surface area contributed by atoms with E-state index < -0.39 is 30.2 Å². The first-order valence-electron chi connectivity index (χ1n) is 22.1. The van der Waals surface area contributed by atoms with E-state index in [0.29, 0.717) is 36.5 Å². The fourth-order valence-electron chi connectivity index (χ4n) is 8.50. The summed E-state index contributed by atoms with van der Waals surface area (Å²) in [6, 6.07) is 20.7. The number of nitrogens with two attached hydrogens (primary N) is 1. The number of fused-ring (bicyclic) bond motifs is 2. The van der Waals surface area contributed by atoms with Crippen LogP contribution in [0.2, 0.25) is 0 Å². The molecule has 358 valence electrons. The first-order valence-corrected chi connectivity index (χ1v) is 22.1. The van der Waals surface area contributed by atoms with E-state index in [2.05, 4.69) is 35.5 Å². The molecular formula is C47H47F3N12O7. The lowest BCUT2D eigenvalue weighted by atomic mass is 10.00. The molecule has 2 saturated heterocycles. The SMILES string of the molecule is CCC(C)[C@H](OC(N)=O)C(=O)N1CCC[C@H]1c1ncc(-c2ccc(-c3cnc4cc(-c5cnc([C@@H]6CCCN6C(=O)CNC(=O)c6n[nH]c7ccccc67)[nH]5)ccc4n3)cc2)[nH]1.O=C(O)C(F)(F)F. The Bertz CT molecular complexity index is 3020. The zero-order valence-electron chi connectivity index (χ0n) is 37.3. The third kappa shape index (κ3) is 10.4. The summed E-state index contributed by atoms with van der Waals surface area (Å²) in [5.41, 5.74) is 12.8. The Balaban J connectivity index is 0.000000853. The Kier molecular flexibility index (Phi) is 13.7. The molecule has 4 aromatic heterocycles. The second-order valence-corrected chi connectivity index (χ2v) is 16.7. The lowest BCUT2D eigenvalue weighted by molar-refractivity contribution is -0.192. The molecule has 2 aliphatic heterocycles. The number of aromatic nitrogens is 8. The van der Waals surface area contributed by atoms with Crippen molar-refractivity contribution in [2.24, 2.45) is 11.7 Å². The van der Waals surface area contributed by atoms with Gasteiger partial charge in [-0.15, -0.1) is 0 Å². The number of carboxylic acid groups (broad SMARTS) is 1. The van der Waals surface area contributed by atoms with Gasteiger partial charge in [0.25, 0.3) is 11.8 Å². The Labute approximate surface area is 391 Å². The quantitative estimate of drug-likeness (QED) is 0.0734. The molecule has 4 amide bonds. The number of halogens is 3. The fourth-order valence-corrected chi connectivity index (χ4v) is 8.50. The summed E-state index contributed by atoms with van der Waals surface area (Å²) in [6.45, 7) is 4.78. The van der Waals surface area contributed by atoms with Crippen LogP contribution in [0.5, 0.6) is 0 Å². The molecule has 3 aromatic carbocycles. The van der Waals surface area contributed by atoms with Crippen molar-refractivity contribution in [2.45, 2.75) is 70.3 Å². The van der Waals surface area contributed by atoms with Crippen LogP contribution in [0.3, 0.4) is 0 Å². The number of imidazole rings is 2. The van der Waals surface area contributed by atoms with Crippen molar-refractivity contribution in [3.8, 4) is 33.8 Å². The van der Waals surface area contributed by atoms with Crippen LogP contribution in [-0.4, -0.2) is 117 Å².